The summed E-state index contributed by atoms with van der Waals surface area (Å²) in [6.45, 7) is 0.178. The molecule has 0 radical (unpaired) electrons. The summed E-state index contributed by atoms with van der Waals surface area (Å²) < 4.78 is 11.2. The standard InChI is InChI=1S/C23H21O3P/c1-25-23(24)20(17-19-11-5-2-6-12-19)18-26-27(21-13-7-3-8-14-21)22-15-9-4-10-16-22/h2-17H,18H2,1H3/b20-17-. The van der Waals surface area contributed by atoms with Gasteiger partial charge in [0.1, 0.15) is 0 Å². The number of carbonyl (C=O) groups excluding carboxylic acids is 1. The van der Waals surface area contributed by atoms with Crippen molar-refractivity contribution in [2.45, 2.75) is 0 Å². The van der Waals surface area contributed by atoms with Gasteiger partial charge in [0.05, 0.1) is 27.4 Å². The highest BCUT2D eigenvalue weighted by molar-refractivity contribution is 7.68. The van der Waals surface area contributed by atoms with E-state index >= 15 is 0 Å². The molecule has 3 aromatic carbocycles. The van der Waals surface area contributed by atoms with Gasteiger partial charge in [-0.25, -0.2) is 4.79 Å². The van der Waals surface area contributed by atoms with Crippen LogP contribution >= 0.6 is 8.15 Å². The molecule has 0 aliphatic rings. The molecule has 0 saturated heterocycles. The molecule has 0 atom stereocenters. The van der Waals surface area contributed by atoms with Gasteiger partial charge in [0.15, 0.2) is 0 Å². The van der Waals surface area contributed by atoms with E-state index < -0.39 is 8.15 Å². The molecule has 0 aromatic heterocycles. The van der Waals surface area contributed by atoms with Crippen molar-refractivity contribution in [3.63, 3.8) is 0 Å². The van der Waals surface area contributed by atoms with Crippen LogP contribution in [0.4, 0.5) is 0 Å². The first-order chi connectivity index (χ1) is 13.3. The monoisotopic (exact) mass is 376 g/mol. The Bertz CT molecular complexity index is 838. The van der Waals surface area contributed by atoms with Crippen molar-refractivity contribution < 1.29 is 14.1 Å². The Kier molecular flexibility index (Phi) is 6.92. The van der Waals surface area contributed by atoms with Crippen LogP contribution in [0.3, 0.4) is 0 Å². The van der Waals surface area contributed by atoms with E-state index in [1.165, 1.54) is 7.11 Å². The largest absolute Gasteiger partial charge is 0.466 e. The van der Waals surface area contributed by atoms with E-state index in [4.69, 9.17) is 9.26 Å². The number of benzene rings is 3. The second-order valence-electron chi connectivity index (χ2n) is 5.81. The van der Waals surface area contributed by atoms with E-state index in [-0.39, 0.29) is 12.6 Å². The van der Waals surface area contributed by atoms with Crippen molar-refractivity contribution in [3.05, 3.63) is 102 Å². The molecule has 0 saturated carbocycles. The van der Waals surface area contributed by atoms with Gasteiger partial charge in [-0.15, -0.1) is 0 Å². The van der Waals surface area contributed by atoms with E-state index in [9.17, 15) is 4.79 Å². The molecule has 3 aromatic rings. The van der Waals surface area contributed by atoms with Gasteiger partial charge in [-0.3, -0.25) is 0 Å². The predicted molar refractivity (Wildman–Crippen MR) is 111 cm³/mol. The maximum Gasteiger partial charge on any atom is 0.336 e. The molecule has 0 spiro atoms. The molecule has 3 nitrogen and oxygen atoms in total. The third-order valence-electron chi connectivity index (χ3n) is 3.92. The summed E-state index contributed by atoms with van der Waals surface area (Å²) in [4.78, 5) is 12.2. The van der Waals surface area contributed by atoms with Crippen molar-refractivity contribution in [1.29, 1.82) is 0 Å². The molecular weight excluding hydrogens is 355 g/mol. The number of ether oxygens (including phenoxy) is 1. The van der Waals surface area contributed by atoms with Crippen molar-refractivity contribution in [2.75, 3.05) is 13.7 Å². The first-order valence-corrected chi connectivity index (χ1v) is 9.91. The van der Waals surface area contributed by atoms with Crippen LogP contribution in [-0.4, -0.2) is 19.7 Å². The summed E-state index contributed by atoms with van der Waals surface area (Å²) in [5, 5.41) is 2.20. The smallest absolute Gasteiger partial charge is 0.336 e. The van der Waals surface area contributed by atoms with Gasteiger partial charge in [-0.05, 0) is 11.6 Å². The molecule has 0 N–H and O–H groups in total. The lowest BCUT2D eigenvalue weighted by Crippen LogP contribution is -2.17. The van der Waals surface area contributed by atoms with Crippen LogP contribution < -0.4 is 10.6 Å². The molecule has 27 heavy (non-hydrogen) atoms. The summed E-state index contributed by atoms with van der Waals surface area (Å²) in [6.07, 6.45) is 1.81. The van der Waals surface area contributed by atoms with E-state index in [0.717, 1.165) is 16.2 Å². The van der Waals surface area contributed by atoms with Gasteiger partial charge >= 0.3 is 5.97 Å². The van der Waals surface area contributed by atoms with Gasteiger partial charge in [-0.2, -0.15) is 0 Å². The molecule has 0 aliphatic heterocycles. The summed E-state index contributed by atoms with van der Waals surface area (Å²) >= 11 is 0. The quantitative estimate of drug-likeness (QED) is 0.350. The van der Waals surface area contributed by atoms with Crippen LogP contribution in [0, 0.1) is 0 Å². The highest BCUT2D eigenvalue weighted by Gasteiger charge is 2.18. The lowest BCUT2D eigenvalue weighted by Gasteiger charge is -2.19. The number of esters is 1. The zero-order valence-electron chi connectivity index (χ0n) is 15.1. The highest BCUT2D eigenvalue weighted by Crippen LogP contribution is 2.35. The minimum absolute atomic E-state index is 0.178. The molecule has 4 heteroatoms. The van der Waals surface area contributed by atoms with Gasteiger partial charge < -0.3 is 9.26 Å². The number of carbonyl (C=O) groups is 1. The van der Waals surface area contributed by atoms with Crippen molar-refractivity contribution in [1.82, 2.24) is 0 Å². The molecule has 0 bridgehead atoms. The van der Waals surface area contributed by atoms with Crippen LogP contribution in [0.5, 0.6) is 0 Å². The van der Waals surface area contributed by atoms with Crippen LogP contribution in [0.15, 0.2) is 96.6 Å². The zero-order valence-corrected chi connectivity index (χ0v) is 16.0. The lowest BCUT2D eigenvalue weighted by molar-refractivity contribution is -0.136. The molecule has 0 fully saturated rings. The van der Waals surface area contributed by atoms with E-state index in [1.807, 2.05) is 72.8 Å². The Morgan fingerprint density at radius 3 is 1.78 bits per heavy atom. The van der Waals surface area contributed by atoms with Crippen LogP contribution in [0.2, 0.25) is 0 Å². The van der Waals surface area contributed by atoms with Gasteiger partial charge in [0.2, 0.25) is 0 Å². The maximum atomic E-state index is 12.2. The number of methoxy groups -OCH3 is 1. The maximum absolute atomic E-state index is 12.2. The lowest BCUT2D eigenvalue weighted by atomic mass is 10.1. The van der Waals surface area contributed by atoms with Crippen LogP contribution in [0.1, 0.15) is 5.56 Å². The Hall–Kier alpha value is -2.74. The van der Waals surface area contributed by atoms with Gasteiger partial charge in [0, 0.05) is 10.6 Å². The summed E-state index contributed by atoms with van der Waals surface area (Å²) in [6, 6.07) is 29.9. The van der Waals surface area contributed by atoms with E-state index in [2.05, 4.69) is 24.3 Å². The van der Waals surface area contributed by atoms with E-state index in [0.29, 0.717) is 5.57 Å². The molecule has 0 amide bonds. The highest BCUT2D eigenvalue weighted by atomic mass is 31.1. The van der Waals surface area contributed by atoms with E-state index in [1.54, 1.807) is 0 Å². The number of rotatable bonds is 7. The fraction of sp³-hybridized carbons (Fsp3) is 0.0870. The molecule has 0 heterocycles. The third kappa shape index (κ3) is 5.37. The Morgan fingerprint density at radius 1 is 0.815 bits per heavy atom. The average Bonchev–Trinajstić information content (AvgIpc) is 2.75. The number of hydrogen-bond donors (Lipinski definition) is 0. The Balaban J connectivity index is 1.86. The third-order valence-corrected chi connectivity index (χ3v) is 5.84. The van der Waals surface area contributed by atoms with Crippen molar-refractivity contribution in [3.8, 4) is 0 Å². The van der Waals surface area contributed by atoms with Gasteiger partial charge in [-0.1, -0.05) is 91.0 Å². The van der Waals surface area contributed by atoms with Crippen molar-refractivity contribution in [2.24, 2.45) is 0 Å². The molecule has 136 valence electrons. The molecule has 0 unspecified atom stereocenters. The summed E-state index contributed by atoms with van der Waals surface area (Å²) in [7, 11) is 0.351. The fourth-order valence-corrected chi connectivity index (χ4v) is 4.35. The minimum Gasteiger partial charge on any atom is -0.466 e. The molecular formula is C23H21O3P. The SMILES string of the molecule is COC(=O)/C(=C\c1ccccc1)COP(c1ccccc1)c1ccccc1. The summed E-state index contributed by atoms with van der Waals surface area (Å²) in [5.41, 5.74) is 1.42. The first-order valence-electron chi connectivity index (χ1n) is 8.65. The van der Waals surface area contributed by atoms with Crippen molar-refractivity contribution >= 4 is 30.8 Å². The Morgan fingerprint density at radius 2 is 1.30 bits per heavy atom. The fourth-order valence-electron chi connectivity index (χ4n) is 2.60. The normalized spacial score (nSPS) is 11.4. The molecule has 0 aliphatic carbocycles. The van der Waals surface area contributed by atoms with Crippen LogP contribution in [0.25, 0.3) is 6.08 Å². The summed E-state index contributed by atoms with van der Waals surface area (Å²) in [5.74, 6) is -0.380. The van der Waals surface area contributed by atoms with Gasteiger partial charge in [0.25, 0.3) is 0 Å². The zero-order chi connectivity index (χ0) is 18.9. The topological polar surface area (TPSA) is 35.5 Å². The predicted octanol–water partition coefficient (Wildman–Crippen LogP) is 4.31. The minimum atomic E-state index is -1.04. The van der Waals surface area contributed by atoms with Crippen LogP contribution in [-0.2, 0) is 14.1 Å². The second kappa shape index (κ2) is 9.82. The number of hydrogen-bond acceptors (Lipinski definition) is 3. The second-order valence-corrected chi connectivity index (χ2v) is 7.69. The first kappa shape index (κ1) is 19.0. The molecule has 3 rings (SSSR count). The Labute approximate surface area is 161 Å². The average molecular weight is 376 g/mol.